The number of aromatic hydroxyl groups is 2. The molecule has 37 heavy (non-hydrogen) atoms. The van der Waals surface area contributed by atoms with Crippen molar-refractivity contribution in [3.05, 3.63) is 70.8 Å². The van der Waals surface area contributed by atoms with Gasteiger partial charge in [-0.2, -0.15) is 16.8 Å². The molecule has 0 amide bonds. The van der Waals surface area contributed by atoms with Crippen molar-refractivity contribution >= 4 is 79.3 Å². The molecule has 191 valence electrons. The molecule has 8 N–H and O–H groups in total. The Balaban J connectivity index is 0.00000481. The van der Waals surface area contributed by atoms with E-state index in [-0.39, 0.29) is 69.7 Å². The summed E-state index contributed by atoms with van der Waals surface area (Å²) in [5.41, 5.74) is 5.24. The summed E-state index contributed by atoms with van der Waals surface area (Å²) in [7, 11) is -9.42. The van der Waals surface area contributed by atoms with Crippen LogP contribution < -0.4 is 11.1 Å². The molecule has 3 rings (SSSR count). The Kier molecular flexibility index (Phi) is 9.37. The molecule has 0 spiro atoms. The van der Waals surface area contributed by atoms with Crippen molar-refractivity contribution in [1.82, 2.24) is 0 Å². The van der Waals surface area contributed by atoms with Crippen molar-refractivity contribution in [2.45, 2.75) is 16.3 Å². The molecule has 0 aliphatic rings. The number of nitrogens with two attached hydrogens (primary N) is 1. The molecule has 0 saturated heterocycles. The molecule has 0 aromatic heterocycles. The van der Waals surface area contributed by atoms with Crippen LogP contribution in [0.5, 0.6) is 11.5 Å². The summed E-state index contributed by atoms with van der Waals surface area (Å²) in [6.07, 6.45) is 2.40. The largest absolute Gasteiger partial charge is 0.508 e. The zero-order chi connectivity index (χ0) is 26.8. The van der Waals surface area contributed by atoms with Crippen LogP contribution in [0.15, 0.2) is 58.3 Å². The van der Waals surface area contributed by atoms with Crippen molar-refractivity contribution in [1.29, 1.82) is 0 Å². The van der Waals surface area contributed by atoms with Gasteiger partial charge in [0.05, 0.1) is 5.56 Å². The van der Waals surface area contributed by atoms with Gasteiger partial charge in [-0.15, -0.1) is 0 Å². The van der Waals surface area contributed by atoms with Gasteiger partial charge in [0.1, 0.15) is 21.3 Å². The first-order valence-corrected chi connectivity index (χ1v) is 12.7. The number of nitrogens with one attached hydrogen (secondary N) is 1. The minimum Gasteiger partial charge on any atom is -0.508 e. The Morgan fingerprint density at radius 1 is 0.865 bits per heavy atom. The molecule has 0 heterocycles. The SMILES string of the molecule is Nc1ccc(C=Cc2ccc(NCc3c(O)cc(O)cc3C(=O)O)cc2S(=O)(=O)O)c(S(=O)(=O)O)c1.[Na]. The van der Waals surface area contributed by atoms with E-state index in [4.69, 9.17) is 5.73 Å². The summed E-state index contributed by atoms with van der Waals surface area (Å²) in [5.74, 6) is -2.38. The van der Waals surface area contributed by atoms with E-state index in [1.165, 1.54) is 36.4 Å². The summed E-state index contributed by atoms with van der Waals surface area (Å²) in [6.45, 7) is -0.281. The number of anilines is 2. The van der Waals surface area contributed by atoms with E-state index in [0.717, 1.165) is 24.3 Å². The predicted octanol–water partition coefficient (Wildman–Crippen LogP) is 2.27. The molecule has 0 bridgehead atoms. The molecular formula is C22H20N2NaO10S2. The van der Waals surface area contributed by atoms with Crippen LogP contribution in [0.25, 0.3) is 12.2 Å². The maximum absolute atomic E-state index is 12.0. The first-order chi connectivity index (χ1) is 16.7. The van der Waals surface area contributed by atoms with Crippen LogP contribution in [0, 0.1) is 0 Å². The maximum Gasteiger partial charge on any atom is 0.336 e. The Morgan fingerprint density at radius 2 is 1.41 bits per heavy atom. The molecule has 12 nitrogen and oxygen atoms in total. The second kappa shape index (κ2) is 11.5. The fourth-order valence-corrected chi connectivity index (χ4v) is 4.73. The third-order valence-corrected chi connectivity index (χ3v) is 6.78. The molecule has 0 aliphatic heterocycles. The van der Waals surface area contributed by atoms with Gasteiger partial charge in [0, 0.05) is 59.1 Å². The van der Waals surface area contributed by atoms with Gasteiger partial charge in [-0.05, 0) is 41.5 Å². The molecule has 1 radical (unpaired) electrons. The smallest absolute Gasteiger partial charge is 0.336 e. The third-order valence-electron chi connectivity index (χ3n) is 4.96. The van der Waals surface area contributed by atoms with Crippen LogP contribution in [0.1, 0.15) is 27.0 Å². The molecular weight excluding hydrogens is 539 g/mol. The standard InChI is InChI=1S/C22H20N2O10S2.Na/c23-14-5-3-12(20(7-14)35(29,30)31)1-2-13-4-6-15(8-21(13)36(32,33)34)24-11-18-17(22(27)28)9-16(25)10-19(18)26;/h1-10,24-26H,11,23H2,(H,27,28)(H,29,30,31)(H,32,33,34);. The van der Waals surface area contributed by atoms with E-state index < -0.39 is 47.5 Å². The van der Waals surface area contributed by atoms with Crippen LogP contribution in [0.4, 0.5) is 11.4 Å². The number of phenolic OH excluding ortho intramolecular Hbond substituents is 2. The Morgan fingerprint density at radius 3 is 1.95 bits per heavy atom. The number of aromatic carboxylic acids is 1. The number of nitrogen functional groups attached to an aromatic ring is 1. The summed E-state index contributed by atoms with van der Waals surface area (Å²) >= 11 is 0. The molecule has 0 saturated carbocycles. The summed E-state index contributed by atoms with van der Waals surface area (Å²) < 4.78 is 66.4. The molecule has 0 atom stereocenters. The van der Waals surface area contributed by atoms with Crippen LogP contribution >= 0.6 is 0 Å². The Bertz CT molecular complexity index is 1600. The third kappa shape index (κ3) is 7.45. The van der Waals surface area contributed by atoms with Crippen LogP contribution in [-0.4, -0.2) is 76.8 Å². The molecule has 0 aliphatic carbocycles. The molecule has 3 aromatic rings. The number of phenols is 2. The molecule has 0 unspecified atom stereocenters. The van der Waals surface area contributed by atoms with Gasteiger partial charge < -0.3 is 26.4 Å². The van der Waals surface area contributed by atoms with Gasteiger partial charge in [0.2, 0.25) is 0 Å². The van der Waals surface area contributed by atoms with Gasteiger partial charge >= 0.3 is 5.97 Å². The minimum atomic E-state index is -4.78. The van der Waals surface area contributed by atoms with E-state index in [0.29, 0.717) is 0 Å². The number of carboxylic acid groups (broad SMARTS) is 1. The molecule has 3 aromatic carbocycles. The van der Waals surface area contributed by atoms with Crippen molar-refractivity contribution in [2.75, 3.05) is 11.1 Å². The number of hydrogen-bond donors (Lipinski definition) is 7. The summed E-state index contributed by atoms with van der Waals surface area (Å²) in [5, 5.41) is 31.6. The monoisotopic (exact) mass is 559 g/mol. The van der Waals surface area contributed by atoms with Gasteiger partial charge in [-0.25, -0.2) is 4.79 Å². The zero-order valence-electron chi connectivity index (χ0n) is 19.2. The number of rotatable bonds is 8. The van der Waals surface area contributed by atoms with E-state index in [9.17, 15) is 46.1 Å². The van der Waals surface area contributed by atoms with Gasteiger partial charge in [0.25, 0.3) is 20.2 Å². The normalized spacial score (nSPS) is 11.7. The summed E-state index contributed by atoms with van der Waals surface area (Å²) in [4.78, 5) is 10.4. The molecule has 0 fully saturated rings. The van der Waals surface area contributed by atoms with E-state index in [1.807, 2.05) is 0 Å². The number of hydrogen-bond acceptors (Lipinski definition) is 9. The Hall–Kier alpha value is -3.11. The zero-order valence-corrected chi connectivity index (χ0v) is 22.8. The second-order valence-corrected chi connectivity index (χ2v) is 10.3. The van der Waals surface area contributed by atoms with Gasteiger partial charge in [-0.1, -0.05) is 24.3 Å². The fraction of sp³-hybridized carbons (Fsp3) is 0.0455. The van der Waals surface area contributed by atoms with Crippen LogP contribution in [-0.2, 0) is 26.8 Å². The number of benzene rings is 3. The number of carbonyl (C=O) groups is 1. The maximum atomic E-state index is 12.0. The quantitative estimate of drug-likeness (QED) is 0.0913. The second-order valence-electron chi connectivity index (χ2n) is 7.48. The van der Waals surface area contributed by atoms with Crippen LogP contribution in [0.2, 0.25) is 0 Å². The van der Waals surface area contributed by atoms with Crippen molar-refractivity contribution in [3.63, 3.8) is 0 Å². The van der Waals surface area contributed by atoms with Crippen molar-refractivity contribution in [2.24, 2.45) is 0 Å². The predicted molar refractivity (Wildman–Crippen MR) is 136 cm³/mol. The molecule has 15 heteroatoms. The van der Waals surface area contributed by atoms with Gasteiger partial charge in [0.15, 0.2) is 0 Å². The van der Waals surface area contributed by atoms with Gasteiger partial charge in [-0.3, -0.25) is 9.11 Å². The average molecular weight is 560 g/mol. The van der Waals surface area contributed by atoms with Crippen molar-refractivity contribution in [3.8, 4) is 11.5 Å². The number of carboxylic acids is 1. The summed E-state index contributed by atoms with van der Waals surface area (Å²) in [6, 6.07) is 9.28. The minimum absolute atomic E-state index is 0. The topological polar surface area (TPSA) is 225 Å². The Labute approximate surface area is 233 Å². The van der Waals surface area contributed by atoms with E-state index >= 15 is 0 Å². The van der Waals surface area contributed by atoms with E-state index in [2.05, 4.69) is 5.32 Å². The fourth-order valence-electron chi connectivity index (χ4n) is 3.31. The average Bonchev–Trinajstić information content (AvgIpc) is 2.76. The first kappa shape index (κ1) is 30.1. The van der Waals surface area contributed by atoms with E-state index in [1.54, 1.807) is 0 Å². The van der Waals surface area contributed by atoms with Crippen LogP contribution in [0.3, 0.4) is 0 Å². The first-order valence-electron chi connectivity index (χ1n) is 9.85. The van der Waals surface area contributed by atoms with Crippen molar-refractivity contribution < 1.29 is 46.1 Å².